The highest BCUT2D eigenvalue weighted by Crippen LogP contribution is 2.24. The number of nitrogens with zero attached hydrogens (tertiary/aromatic N) is 3. The normalized spacial score (nSPS) is 22.2. The predicted octanol–water partition coefficient (Wildman–Crippen LogP) is 2.78. The summed E-state index contributed by atoms with van der Waals surface area (Å²) < 4.78 is 16.8. The lowest BCUT2D eigenvalue weighted by molar-refractivity contribution is -0.141. The molecule has 0 aromatic heterocycles. The van der Waals surface area contributed by atoms with E-state index in [1.54, 1.807) is 25.2 Å². The highest BCUT2D eigenvalue weighted by molar-refractivity contribution is 5.59. The van der Waals surface area contributed by atoms with E-state index in [0.717, 1.165) is 11.3 Å². The van der Waals surface area contributed by atoms with Gasteiger partial charge in [-0.1, -0.05) is 18.2 Å². The van der Waals surface area contributed by atoms with E-state index in [9.17, 15) is 5.11 Å². The fourth-order valence-electron chi connectivity index (χ4n) is 3.47. The van der Waals surface area contributed by atoms with Gasteiger partial charge in [-0.25, -0.2) is 0 Å². The van der Waals surface area contributed by atoms with Crippen LogP contribution in [0.3, 0.4) is 0 Å². The molecule has 0 saturated carbocycles. The molecular weight excluding hydrogens is 422 g/mol. The zero-order valence-electron chi connectivity index (χ0n) is 18.6. The first-order chi connectivity index (χ1) is 15.9. The molecule has 1 unspecified atom stereocenters. The number of ether oxygens (including phenoxy) is 3. The van der Waals surface area contributed by atoms with Crippen molar-refractivity contribution in [2.24, 2.45) is 0 Å². The smallest absolute Gasteiger partial charge is 0.160 e. The van der Waals surface area contributed by atoms with Crippen LogP contribution in [0, 0.1) is 22.7 Å². The summed E-state index contributed by atoms with van der Waals surface area (Å²) in [6.45, 7) is 2.61. The Labute approximate surface area is 193 Å². The minimum Gasteiger partial charge on any atom is -0.462 e. The van der Waals surface area contributed by atoms with Crippen molar-refractivity contribution in [1.82, 2.24) is 0 Å². The lowest BCUT2D eigenvalue weighted by Gasteiger charge is -2.21. The average molecular weight is 450 g/mol. The van der Waals surface area contributed by atoms with E-state index in [2.05, 4.69) is 0 Å². The van der Waals surface area contributed by atoms with Gasteiger partial charge in [-0.2, -0.15) is 10.5 Å². The maximum Gasteiger partial charge on any atom is 0.160 e. The number of likely N-dealkylation sites (N-methyl/N-ethyl adjacent to an activating group) is 1. The van der Waals surface area contributed by atoms with Crippen LogP contribution < -0.4 is 4.90 Å². The molecule has 2 heterocycles. The summed E-state index contributed by atoms with van der Waals surface area (Å²) in [4.78, 5) is 2.05. The van der Waals surface area contributed by atoms with Crippen molar-refractivity contribution in [3.05, 3.63) is 70.7 Å². The minimum absolute atomic E-state index is 0.0452. The monoisotopic (exact) mass is 449 g/mol. The van der Waals surface area contributed by atoms with Crippen molar-refractivity contribution in [2.45, 2.75) is 31.8 Å². The molecule has 8 heteroatoms. The molecule has 172 valence electrons. The Hall–Kier alpha value is -3.40. The van der Waals surface area contributed by atoms with Gasteiger partial charge in [0.15, 0.2) is 6.29 Å². The van der Waals surface area contributed by atoms with Crippen molar-refractivity contribution in [3.63, 3.8) is 0 Å². The molecule has 1 fully saturated rings. The third kappa shape index (κ3) is 6.55. The van der Waals surface area contributed by atoms with Crippen molar-refractivity contribution in [2.75, 3.05) is 31.7 Å². The Morgan fingerprint density at radius 3 is 2.58 bits per heavy atom. The van der Waals surface area contributed by atoms with Gasteiger partial charge in [0.25, 0.3) is 0 Å². The maximum absolute atomic E-state index is 9.75. The molecule has 0 aliphatic carbocycles. The molecule has 2 aliphatic rings. The standard InChI is InChI=1S/C25H27N3O5/c1-17-11-19(20(14-26)15-27)12-22(32-17)8-5-18-3-6-21(7-4-18)28(2)9-10-31-25-13-23(30)24(16-29)33-25/h3-8,11-12,23-25,29-30H,9-10,13,16H2,1-2H3/b8-5+/t23?,24-,25-/m1/s1. The fourth-order valence-corrected chi connectivity index (χ4v) is 3.47. The number of rotatable bonds is 8. The van der Waals surface area contributed by atoms with E-state index in [1.165, 1.54) is 0 Å². The predicted molar refractivity (Wildman–Crippen MR) is 122 cm³/mol. The number of anilines is 1. The van der Waals surface area contributed by atoms with Crippen LogP contribution in [-0.4, -0.2) is 55.5 Å². The Morgan fingerprint density at radius 2 is 1.94 bits per heavy atom. The number of hydrogen-bond acceptors (Lipinski definition) is 8. The van der Waals surface area contributed by atoms with Gasteiger partial charge in [-0.05, 0) is 42.8 Å². The SMILES string of the molecule is CC1=CC(=C(C#N)C#N)C=C(/C=C/c2ccc(N(C)CCO[C@H]3CC(O)[C@@H](CO)O3)cc2)O1. The molecule has 1 aromatic rings. The Kier molecular flexibility index (Phi) is 8.42. The quantitative estimate of drug-likeness (QED) is 0.582. The topological polar surface area (TPSA) is 119 Å². The fraction of sp³-hybridized carbons (Fsp3) is 0.360. The summed E-state index contributed by atoms with van der Waals surface area (Å²) in [5, 5.41) is 37.0. The highest BCUT2D eigenvalue weighted by atomic mass is 16.7. The molecule has 0 bridgehead atoms. The summed E-state index contributed by atoms with van der Waals surface area (Å²) in [6, 6.07) is 11.7. The molecule has 0 amide bonds. The second kappa shape index (κ2) is 11.5. The summed E-state index contributed by atoms with van der Waals surface area (Å²) >= 11 is 0. The molecule has 3 atom stereocenters. The van der Waals surface area contributed by atoms with Crippen molar-refractivity contribution in [1.29, 1.82) is 10.5 Å². The van der Waals surface area contributed by atoms with Crippen LogP contribution in [0.25, 0.3) is 6.08 Å². The molecule has 2 N–H and O–H groups in total. The summed E-state index contributed by atoms with van der Waals surface area (Å²) in [5.74, 6) is 1.16. The zero-order valence-corrected chi connectivity index (χ0v) is 18.6. The molecule has 0 spiro atoms. The second-order valence-electron chi connectivity index (χ2n) is 7.76. The number of nitriles is 2. The Morgan fingerprint density at radius 1 is 1.21 bits per heavy atom. The maximum atomic E-state index is 9.75. The average Bonchev–Trinajstić information content (AvgIpc) is 3.18. The largest absolute Gasteiger partial charge is 0.462 e. The van der Waals surface area contributed by atoms with Crippen LogP contribution in [0.15, 0.2) is 65.2 Å². The number of allylic oxidation sites excluding steroid dienone is 6. The van der Waals surface area contributed by atoms with Crippen LogP contribution in [0.1, 0.15) is 18.9 Å². The van der Waals surface area contributed by atoms with E-state index in [-0.39, 0.29) is 12.2 Å². The number of aliphatic hydroxyl groups excluding tert-OH is 2. The van der Waals surface area contributed by atoms with Crippen molar-refractivity contribution < 1.29 is 24.4 Å². The Bertz CT molecular complexity index is 1030. The summed E-state index contributed by atoms with van der Waals surface area (Å²) in [6.07, 6.45) is 5.61. The van der Waals surface area contributed by atoms with Gasteiger partial charge in [-0.15, -0.1) is 0 Å². The second-order valence-corrected chi connectivity index (χ2v) is 7.76. The third-order valence-electron chi connectivity index (χ3n) is 5.32. The molecule has 2 aliphatic heterocycles. The molecular formula is C25H27N3O5. The summed E-state index contributed by atoms with van der Waals surface area (Å²) in [7, 11) is 1.96. The van der Waals surface area contributed by atoms with E-state index in [1.807, 2.05) is 54.4 Å². The molecule has 0 radical (unpaired) electrons. The van der Waals surface area contributed by atoms with E-state index in [0.29, 0.717) is 36.7 Å². The molecule has 1 aromatic carbocycles. The highest BCUT2D eigenvalue weighted by Gasteiger charge is 2.33. The van der Waals surface area contributed by atoms with E-state index in [4.69, 9.17) is 29.8 Å². The van der Waals surface area contributed by atoms with Gasteiger partial charge >= 0.3 is 0 Å². The lowest BCUT2D eigenvalue weighted by atomic mass is 10.1. The first-order valence-corrected chi connectivity index (χ1v) is 10.6. The number of aliphatic hydroxyl groups is 2. The van der Waals surface area contributed by atoms with Crippen LogP contribution in [0.5, 0.6) is 0 Å². The molecule has 8 nitrogen and oxygen atoms in total. The van der Waals surface area contributed by atoms with Crippen molar-refractivity contribution in [3.8, 4) is 12.1 Å². The van der Waals surface area contributed by atoms with Crippen LogP contribution >= 0.6 is 0 Å². The third-order valence-corrected chi connectivity index (χ3v) is 5.32. The van der Waals surface area contributed by atoms with Crippen LogP contribution in [0.4, 0.5) is 5.69 Å². The Balaban J connectivity index is 1.54. The van der Waals surface area contributed by atoms with Gasteiger partial charge in [0.1, 0.15) is 35.3 Å². The first kappa shape index (κ1) is 24.2. The molecule has 1 saturated heterocycles. The van der Waals surface area contributed by atoms with Crippen molar-refractivity contribution >= 4 is 11.8 Å². The number of benzene rings is 1. The van der Waals surface area contributed by atoms with Gasteiger partial charge in [0.05, 0.1) is 19.3 Å². The molecule has 3 rings (SSSR count). The molecule has 33 heavy (non-hydrogen) atoms. The van der Waals surface area contributed by atoms with E-state index < -0.39 is 18.5 Å². The van der Waals surface area contributed by atoms with E-state index >= 15 is 0 Å². The van der Waals surface area contributed by atoms with Gasteiger partial charge in [-0.3, -0.25) is 0 Å². The van der Waals surface area contributed by atoms with Gasteiger partial charge in [0.2, 0.25) is 0 Å². The van der Waals surface area contributed by atoms with Gasteiger partial charge < -0.3 is 29.3 Å². The van der Waals surface area contributed by atoms with Crippen LogP contribution in [-0.2, 0) is 14.2 Å². The first-order valence-electron chi connectivity index (χ1n) is 10.6. The summed E-state index contributed by atoms with van der Waals surface area (Å²) in [5.41, 5.74) is 2.56. The number of hydrogen-bond donors (Lipinski definition) is 2. The van der Waals surface area contributed by atoms with Gasteiger partial charge in [0, 0.05) is 31.3 Å². The minimum atomic E-state index is -0.699. The lowest BCUT2D eigenvalue weighted by Crippen LogP contribution is -2.26. The van der Waals surface area contributed by atoms with Crippen LogP contribution in [0.2, 0.25) is 0 Å². The zero-order chi connectivity index (χ0) is 23.8.